The number of hydrogen-bond acceptors (Lipinski definition) is 6. The average Bonchev–Trinajstić information content (AvgIpc) is 3.73. The molecule has 0 N–H and O–H groups in total. The van der Waals surface area contributed by atoms with E-state index in [1.807, 2.05) is 36.2 Å². The van der Waals surface area contributed by atoms with E-state index in [1.165, 1.54) is 44.9 Å². The molecule has 3 aromatic rings. The molecule has 0 radical (unpaired) electrons. The number of nitrogens with zero attached hydrogens (tertiary/aromatic N) is 6. The minimum atomic E-state index is -0.0520. The maximum Gasteiger partial charge on any atom is 0.298 e. The molecule has 1 aliphatic heterocycles. The summed E-state index contributed by atoms with van der Waals surface area (Å²) in [6.45, 7) is 5.19. The lowest BCUT2D eigenvalue weighted by Crippen LogP contribution is -2.48. The van der Waals surface area contributed by atoms with Crippen molar-refractivity contribution in [3.05, 3.63) is 42.4 Å². The van der Waals surface area contributed by atoms with Gasteiger partial charge in [0.15, 0.2) is 0 Å². The lowest BCUT2D eigenvalue weighted by atomic mass is 9.83. The van der Waals surface area contributed by atoms with Gasteiger partial charge in [0.1, 0.15) is 17.6 Å². The standard InChI is InChI=1S/C32H36N6O2/c1-2-40-27-18-28(31-26(20-33)22-35-38(31)23-27)25-8-9-29(34-21-25)36-14-16-37(17-15-36)30(39)7-5-6-24-10-13-32(19-24)11-3-4-12-32/h8-9,18,21-24H,2-4,6,10-17,19H2,1H3. The monoisotopic (exact) mass is 536 g/mol. The van der Waals surface area contributed by atoms with Gasteiger partial charge in [0, 0.05) is 49.9 Å². The van der Waals surface area contributed by atoms with E-state index >= 15 is 0 Å². The Labute approximate surface area is 235 Å². The summed E-state index contributed by atoms with van der Waals surface area (Å²) in [5, 5.41) is 13.9. The van der Waals surface area contributed by atoms with Crippen LogP contribution in [-0.4, -0.2) is 58.2 Å². The zero-order valence-corrected chi connectivity index (χ0v) is 23.2. The van der Waals surface area contributed by atoms with Crippen molar-refractivity contribution in [3.8, 4) is 34.8 Å². The van der Waals surface area contributed by atoms with Crippen molar-refractivity contribution in [2.45, 2.75) is 58.3 Å². The normalized spacial score (nSPS) is 19.9. The van der Waals surface area contributed by atoms with Crippen molar-refractivity contribution in [1.82, 2.24) is 19.5 Å². The van der Waals surface area contributed by atoms with E-state index < -0.39 is 0 Å². The molecule has 1 saturated heterocycles. The predicted octanol–water partition coefficient (Wildman–Crippen LogP) is 5.07. The average molecular weight is 537 g/mol. The van der Waals surface area contributed by atoms with Crippen molar-refractivity contribution in [3.63, 3.8) is 0 Å². The molecule has 40 heavy (non-hydrogen) atoms. The number of hydrogen-bond donors (Lipinski definition) is 0. The van der Waals surface area contributed by atoms with Crippen LogP contribution in [0.3, 0.4) is 0 Å². The number of aromatic nitrogens is 3. The van der Waals surface area contributed by atoms with Crippen LogP contribution in [0.4, 0.5) is 5.82 Å². The lowest BCUT2D eigenvalue weighted by Gasteiger charge is -2.34. The van der Waals surface area contributed by atoms with Gasteiger partial charge in [-0.3, -0.25) is 4.79 Å². The van der Waals surface area contributed by atoms with Crippen molar-refractivity contribution in [1.29, 1.82) is 5.26 Å². The van der Waals surface area contributed by atoms with E-state index in [9.17, 15) is 10.1 Å². The molecular formula is C32H36N6O2. The molecule has 3 aliphatic rings. The van der Waals surface area contributed by atoms with E-state index in [-0.39, 0.29) is 5.91 Å². The fourth-order valence-corrected chi connectivity index (χ4v) is 6.95. The largest absolute Gasteiger partial charge is 0.492 e. The molecule has 1 atom stereocenters. The van der Waals surface area contributed by atoms with Gasteiger partial charge in [0.2, 0.25) is 0 Å². The minimum absolute atomic E-state index is 0.0520. The molecule has 1 amide bonds. The van der Waals surface area contributed by atoms with Crippen LogP contribution in [0.1, 0.15) is 63.9 Å². The van der Waals surface area contributed by atoms with E-state index in [0.29, 0.717) is 42.3 Å². The molecule has 6 rings (SSSR count). The van der Waals surface area contributed by atoms with Crippen LogP contribution in [0.25, 0.3) is 16.6 Å². The van der Waals surface area contributed by atoms with Crippen LogP contribution < -0.4 is 9.64 Å². The first-order valence-electron chi connectivity index (χ1n) is 14.6. The van der Waals surface area contributed by atoms with E-state index in [0.717, 1.165) is 42.0 Å². The van der Waals surface area contributed by atoms with Crippen molar-refractivity contribution < 1.29 is 9.53 Å². The smallest absolute Gasteiger partial charge is 0.298 e. The third-order valence-electron chi connectivity index (χ3n) is 9.02. The number of rotatable bonds is 5. The molecule has 2 aliphatic carbocycles. The zero-order valence-electron chi connectivity index (χ0n) is 23.2. The van der Waals surface area contributed by atoms with Crippen LogP contribution in [0, 0.1) is 34.5 Å². The van der Waals surface area contributed by atoms with E-state index in [2.05, 4.69) is 27.9 Å². The Balaban J connectivity index is 1.07. The van der Waals surface area contributed by atoms with Gasteiger partial charge in [0.05, 0.1) is 30.1 Å². The molecule has 1 unspecified atom stereocenters. The third-order valence-corrected chi connectivity index (χ3v) is 9.02. The van der Waals surface area contributed by atoms with Gasteiger partial charge in [0.25, 0.3) is 5.91 Å². The highest BCUT2D eigenvalue weighted by Gasteiger charge is 2.40. The molecular weight excluding hydrogens is 500 g/mol. The predicted molar refractivity (Wildman–Crippen MR) is 154 cm³/mol. The van der Waals surface area contributed by atoms with Crippen LogP contribution in [-0.2, 0) is 4.79 Å². The molecule has 0 bridgehead atoms. The SMILES string of the molecule is CCOc1cc(-c2ccc(N3CCN(C(=O)C#CCC4CCC5(CCCC5)C4)CC3)nc2)c2c(C#N)cnn2c1. The minimum Gasteiger partial charge on any atom is -0.492 e. The fraction of sp³-hybridized carbons (Fsp3) is 0.500. The van der Waals surface area contributed by atoms with E-state index in [4.69, 9.17) is 9.72 Å². The number of carbonyl (C=O) groups excluding carboxylic acids is 1. The Bertz CT molecular complexity index is 1480. The van der Waals surface area contributed by atoms with Crippen LogP contribution in [0.2, 0.25) is 0 Å². The molecule has 3 fully saturated rings. The van der Waals surface area contributed by atoms with Crippen molar-refractivity contribution in [2.24, 2.45) is 11.3 Å². The fourth-order valence-electron chi connectivity index (χ4n) is 6.95. The summed E-state index contributed by atoms with van der Waals surface area (Å²) in [7, 11) is 0. The maximum absolute atomic E-state index is 12.8. The maximum atomic E-state index is 12.8. The number of nitriles is 1. The highest BCUT2D eigenvalue weighted by Crippen LogP contribution is 2.53. The highest BCUT2D eigenvalue weighted by atomic mass is 16.5. The number of carbonyl (C=O) groups is 1. The Kier molecular flexibility index (Phi) is 7.34. The first kappa shape index (κ1) is 26.2. The van der Waals surface area contributed by atoms with Gasteiger partial charge in [-0.05, 0) is 74.5 Å². The molecule has 2 saturated carbocycles. The van der Waals surface area contributed by atoms with Crippen molar-refractivity contribution >= 4 is 17.2 Å². The Morgan fingerprint density at radius 2 is 1.98 bits per heavy atom. The first-order valence-corrected chi connectivity index (χ1v) is 14.6. The van der Waals surface area contributed by atoms with Gasteiger partial charge in [-0.2, -0.15) is 10.4 Å². The summed E-state index contributed by atoms with van der Waals surface area (Å²) in [5.74, 6) is 8.33. The van der Waals surface area contributed by atoms with Crippen LogP contribution in [0.5, 0.6) is 5.75 Å². The summed E-state index contributed by atoms with van der Waals surface area (Å²) >= 11 is 0. The molecule has 8 heteroatoms. The van der Waals surface area contributed by atoms with Gasteiger partial charge < -0.3 is 14.5 Å². The molecule has 4 heterocycles. The lowest BCUT2D eigenvalue weighted by molar-refractivity contribution is -0.125. The van der Waals surface area contributed by atoms with Gasteiger partial charge in [-0.15, -0.1) is 0 Å². The number of anilines is 1. The van der Waals surface area contributed by atoms with Gasteiger partial charge >= 0.3 is 0 Å². The number of amides is 1. The van der Waals surface area contributed by atoms with E-state index in [1.54, 1.807) is 16.9 Å². The number of piperazine rings is 1. The summed E-state index contributed by atoms with van der Waals surface area (Å²) in [4.78, 5) is 21.6. The number of fused-ring (bicyclic) bond motifs is 1. The number of ether oxygens (including phenoxy) is 1. The molecule has 0 aromatic carbocycles. The summed E-state index contributed by atoms with van der Waals surface area (Å²) < 4.78 is 7.41. The second kappa shape index (κ2) is 11.2. The first-order chi connectivity index (χ1) is 19.6. The number of pyridine rings is 2. The highest BCUT2D eigenvalue weighted by molar-refractivity contribution is 5.93. The van der Waals surface area contributed by atoms with Gasteiger partial charge in [-0.1, -0.05) is 18.8 Å². The Morgan fingerprint density at radius 3 is 2.70 bits per heavy atom. The molecule has 206 valence electrons. The summed E-state index contributed by atoms with van der Waals surface area (Å²) in [5.41, 5.74) is 3.59. The Hall–Kier alpha value is -4.04. The quantitative estimate of drug-likeness (QED) is 0.423. The zero-order chi connectivity index (χ0) is 27.5. The second-order valence-corrected chi connectivity index (χ2v) is 11.5. The van der Waals surface area contributed by atoms with Crippen molar-refractivity contribution in [2.75, 3.05) is 37.7 Å². The van der Waals surface area contributed by atoms with Crippen LogP contribution >= 0.6 is 0 Å². The topological polar surface area (TPSA) is 86.8 Å². The molecule has 8 nitrogen and oxygen atoms in total. The summed E-state index contributed by atoms with van der Waals surface area (Å²) in [6, 6.07) is 8.18. The molecule has 1 spiro atoms. The molecule has 3 aromatic heterocycles. The Morgan fingerprint density at radius 1 is 1.15 bits per heavy atom. The summed E-state index contributed by atoms with van der Waals surface area (Å²) in [6.07, 6.45) is 15.6. The second-order valence-electron chi connectivity index (χ2n) is 11.5. The van der Waals surface area contributed by atoms with Gasteiger partial charge in [-0.25, -0.2) is 9.50 Å². The third kappa shape index (κ3) is 5.23. The van der Waals surface area contributed by atoms with Crippen LogP contribution in [0.15, 0.2) is 36.8 Å².